The second-order valence-electron chi connectivity index (χ2n) is 4.37. The Morgan fingerprint density at radius 2 is 2.10 bits per heavy atom. The summed E-state index contributed by atoms with van der Waals surface area (Å²) in [6.45, 7) is 4.58. The monoisotopic (exact) mass is 274 g/mol. The van der Waals surface area contributed by atoms with Crippen LogP contribution < -0.4 is 0 Å². The summed E-state index contributed by atoms with van der Waals surface area (Å²) in [7, 11) is 0. The number of hydrogen-bond donors (Lipinski definition) is 1. The average molecular weight is 274 g/mol. The quantitative estimate of drug-likeness (QED) is 0.884. The summed E-state index contributed by atoms with van der Waals surface area (Å²) in [6, 6.07) is 3.67. The van der Waals surface area contributed by atoms with Gasteiger partial charge in [-0.25, -0.2) is 4.68 Å². The number of aliphatic hydroxyl groups is 1. The van der Waals surface area contributed by atoms with Crippen molar-refractivity contribution in [2.24, 2.45) is 0 Å². The Morgan fingerprint density at radius 3 is 2.70 bits per heavy atom. The normalized spacial score (nSPS) is 10.6. The molecule has 1 N–H and O–H groups in total. The van der Waals surface area contributed by atoms with Gasteiger partial charge in [-0.1, -0.05) is 0 Å². The van der Waals surface area contributed by atoms with E-state index < -0.39 is 0 Å². The first-order valence-corrected chi connectivity index (χ1v) is 6.54. The van der Waals surface area contributed by atoms with Gasteiger partial charge in [0.1, 0.15) is 0 Å². The molecule has 0 bridgehead atoms. The molecule has 1 amide bonds. The minimum atomic E-state index is -0.112. The van der Waals surface area contributed by atoms with E-state index in [-0.39, 0.29) is 12.5 Å². The van der Waals surface area contributed by atoms with Crippen molar-refractivity contribution in [3.05, 3.63) is 42.0 Å². The molecule has 0 radical (unpaired) electrons. The molecule has 2 aromatic heterocycles. The maximum atomic E-state index is 12.4. The molecule has 2 rings (SSSR count). The molecule has 20 heavy (non-hydrogen) atoms. The van der Waals surface area contributed by atoms with Gasteiger partial charge in [0, 0.05) is 25.5 Å². The minimum absolute atomic E-state index is 0.0445. The predicted octanol–water partition coefficient (Wildman–Crippen LogP) is 1.03. The van der Waals surface area contributed by atoms with E-state index in [0.29, 0.717) is 18.7 Å². The molecule has 0 aliphatic carbocycles. The highest BCUT2D eigenvalue weighted by atomic mass is 16.3. The molecule has 0 fully saturated rings. The third kappa shape index (κ3) is 2.70. The van der Waals surface area contributed by atoms with Crippen LogP contribution in [-0.4, -0.2) is 50.4 Å². The average Bonchev–Trinajstić information content (AvgIpc) is 2.86. The number of likely N-dealkylation sites (N-methyl/N-ethyl adjacent to an activating group) is 1. The van der Waals surface area contributed by atoms with Crippen molar-refractivity contribution in [2.75, 3.05) is 19.7 Å². The summed E-state index contributed by atoms with van der Waals surface area (Å²) < 4.78 is 1.71. The Bertz CT molecular complexity index is 580. The van der Waals surface area contributed by atoms with Crippen LogP contribution in [0.5, 0.6) is 0 Å². The van der Waals surface area contributed by atoms with E-state index in [0.717, 1.165) is 11.4 Å². The lowest BCUT2D eigenvalue weighted by atomic mass is 10.2. The summed E-state index contributed by atoms with van der Waals surface area (Å²) in [5, 5.41) is 13.3. The molecule has 106 valence electrons. The predicted molar refractivity (Wildman–Crippen MR) is 74.8 cm³/mol. The zero-order valence-electron chi connectivity index (χ0n) is 11.7. The van der Waals surface area contributed by atoms with Crippen LogP contribution in [0.1, 0.15) is 23.0 Å². The maximum Gasteiger partial charge on any atom is 0.257 e. The molecular formula is C14H18N4O2. The van der Waals surface area contributed by atoms with Crippen molar-refractivity contribution in [1.82, 2.24) is 19.7 Å². The Morgan fingerprint density at radius 1 is 1.40 bits per heavy atom. The molecule has 2 aromatic rings. The molecule has 0 atom stereocenters. The second-order valence-corrected chi connectivity index (χ2v) is 4.37. The fourth-order valence-electron chi connectivity index (χ4n) is 2.06. The highest BCUT2D eigenvalue weighted by Gasteiger charge is 2.19. The number of aromatic nitrogens is 3. The standard InChI is InChI=1S/C14H18N4O2/c1-3-17(8-9-19)14(20)13-10-16-18(11(13)2)12-4-6-15-7-5-12/h4-7,10,19H,3,8-9H2,1-2H3. The zero-order chi connectivity index (χ0) is 14.5. The summed E-state index contributed by atoms with van der Waals surface area (Å²) in [4.78, 5) is 17.9. The van der Waals surface area contributed by atoms with Gasteiger partial charge in [0.05, 0.1) is 29.7 Å². The topological polar surface area (TPSA) is 71.2 Å². The number of carbonyl (C=O) groups excluding carboxylic acids is 1. The van der Waals surface area contributed by atoms with E-state index >= 15 is 0 Å². The lowest BCUT2D eigenvalue weighted by Gasteiger charge is -2.19. The van der Waals surface area contributed by atoms with Crippen molar-refractivity contribution in [1.29, 1.82) is 0 Å². The molecule has 0 aliphatic heterocycles. The lowest BCUT2D eigenvalue weighted by Crippen LogP contribution is -2.33. The Hall–Kier alpha value is -2.21. The fraction of sp³-hybridized carbons (Fsp3) is 0.357. The minimum Gasteiger partial charge on any atom is -0.395 e. The first-order chi connectivity index (χ1) is 9.69. The van der Waals surface area contributed by atoms with Gasteiger partial charge >= 0.3 is 0 Å². The van der Waals surface area contributed by atoms with Crippen LogP contribution in [0.15, 0.2) is 30.7 Å². The maximum absolute atomic E-state index is 12.4. The molecule has 0 saturated carbocycles. The number of carbonyl (C=O) groups is 1. The number of aliphatic hydroxyl groups excluding tert-OH is 1. The molecule has 0 unspecified atom stereocenters. The van der Waals surface area contributed by atoms with E-state index in [2.05, 4.69) is 10.1 Å². The van der Waals surface area contributed by atoms with Crippen LogP contribution in [0.4, 0.5) is 0 Å². The van der Waals surface area contributed by atoms with E-state index in [9.17, 15) is 4.79 Å². The smallest absolute Gasteiger partial charge is 0.257 e. The van der Waals surface area contributed by atoms with Crippen molar-refractivity contribution in [3.63, 3.8) is 0 Å². The van der Waals surface area contributed by atoms with E-state index in [4.69, 9.17) is 5.11 Å². The molecule has 0 saturated heterocycles. The SMILES string of the molecule is CCN(CCO)C(=O)c1cnn(-c2ccncc2)c1C. The molecule has 0 spiro atoms. The summed E-state index contributed by atoms with van der Waals surface area (Å²) >= 11 is 0. The first-order valence-electron chi connectivity index (χ1n) is 6.54. The number of nitrogens with zero attached hydrogens (tertiary/aromatic N) is 4. The van der Waals surface area contributed by atoms with E-state index in [1.165, 1.54) is 0 Å². The van der Waals surface area contributed by atoms with Gasteiger partial charge in [0.2, 0.25) is 0 Å². The molecule has 0 aliphatic rings. The Kier molecular flexibility index (Phi) is 4.47. The van der Waals surface area contributed by atoms with Crippen LogP contribution in [0, 0.1) is 6.92 Å². The number of amides is 1. The molecule has 0 aromatic carbocycles. The highest BCUT2D eigenvalue weighted by molar-refractivity contribution is 5.95. The summed E-state index contributed by atoms with van der Waals surface area (Å²) in [5.74, 6) is -0.112. The third-order valence-corrected chi connectivity index (χ3v) is 3.19. The molecule has 6 nitrogen and oxygen atoms in total. The van der Waals surface area contributed by atoms with Crippen LogP contribution in [0.25, 0.3) is 5.69 Å². The van der Waals surface area contributed by atoms with E-state index in [1.807, 2.05) is 26.0 Å². The lowest BCUT2D eigenvalue weighted by molar-refractivity contribution is 0.0731. The van der Waals surface area contributed by atoms with Gasteiger partial charge in [0.15, 0.2) is 0 Å². The zero-order valence-corrected chi connectivity index (χ0v) is 11.7. The number of hydrogen-bond acceptors (Lipinski definition) is 4. The van der Waals surface area contributed by atoms with Gasteiger partial charge < -0.3 is 10.0 Å². The highest BCUT2D eigenvalue weighted by Crippen LogP contribution is 2.15. The Balaban J connectivity index is 2.31. The largest absolute Gasteiger partial charge is 0.395 e. The summed E-state index contributed by atoms with van der Waals surface area (Å²) in [6.07, 6.45) is 4.93. The van der Waals surface area contributed by atoms with Crippen molar-refractivity contribution in [2.45, 2.75) is 13.8 Å². The van der Waals surface area contributed by atoms with Crippen LogP contribution in [0.3, 0.4) is 0 Å². The van der Waals surface area contributed by atoms with Crippen LogP contribution in [0.2, 0.25) is 0 Å². The van der Waals surface area contributed by atoms with Gasteiger partial charge in [-0.3, -0.25) is 9.78 Å². The number of pyridine rings is 1. The number of rotatable bonds is 5. The van der Waals surface area contributed by atoms with Crippen LogP contribution in [-0.2, 0) is 0 Å². The van der Waals surface area contributed by atoms with Crippen LogP contribution >= 0.6 is 0 Å². The van der Waals surface area contributed by atoms with Gasteiger partial charge in [-0.15, -0.1) is 0 Å². The fourth-order valence-corrected chi connectivity index (χ4v) is 2.06. The van der Waals surface area contributed by atoms with Gasteiger partial charge in [-0.2, -0.15) is 5.10 Å². The summed E-state index contributed by atoms with van der Waals surface area (Å²) in [5.41, 5.74) is 2.19. The molecule has 6 heteroatoms. The third-order valence-electron chi connectivity index (χ3n) is 3.19. The van der Waals surface area contributed by atoms with Gasteiger partial charge in [-0.05, 0) is 26.0 Å². The molecule has 2 heterocycles. The second kappa shape index (κ2) is 6.29. The van der Waals surface area contributed by atoms with Crippen molar-refractivity contribution in [3.8, 4) is 5.69 Å². The van der Waals surface area contributed by atoms with Crippen molar-refractivity contribution >= 4 is 5.91 Å². The molecular weight excluding hydrogens is 256 g/mol. The van der Waals surface area contributed by atoms with E-state index in [1.54, 1.807) is 28.2 Å². The van der Waals surface area contributed by atoms with Crippen molar-refractivity contribution < 1.29 is 9.90 Å². The van der Waals surface area contributed by atoms with Gasteiger partial charge in [0.25, 0.3) is 5.91 Å². The Labute approximate surface area is 117 Å². The first kappa shape index (κ1) is 14.2.